The molecule has 0 radical (unpaired) electrons. The lowest BCUT2D eigenvalue weighted by molar-refractivity contribution is -0.137. The van der Waals surface area contributed by atoms with Gasteiger partial charge in [0, 0.05) is 17.5 Å². The molecule has 0 unspecified atom stereocenters. The van der Waals surface area contributed by atoms with Crippen molar-refractivity contribution in [3.8, 4) is 11.4 Å². The smallest absolute Gasteiger partial charge is 0.416 e. The number of aromatic nitrogens is 3. The van der Waals surface area contributed by atoms with Gasteiger partial charge in [0.25, 0.3) is 5.89 Å². The van der Waals surface area contributed by atoms with Crippen LogP contribution in [0.1, 0.15) is 21.9 Å². The third-order valence-corrected chi connectivity index (χ3v) is 4.18. The van der Waals surface area contributed by atoms with Crippen LogP contribution in [0.15, 0.2) is 46.8 Å². The summed E-state index contributed by atoms with van der Waals surface area (Å²) in [5.41, 5.74) is -0.315. The van der Waals surface area contributed by atoms with Gasteiger partial charge in [-0.25, -0.2) is 9.78 Å². The zero-order chi connectivity index (χ0) is 20.1. The number of esters is 1. The van der Waals surface area contributed by atoms with Gasteiger partial charge in [0.05, 0.1) is 5.56 Å². The van der Waals surface area contributed by atoms with Crippen LogP contribution in [-0.2, 0) is 17.5 Å². The number of rotatable bonds is 7. The molecule has 0 spiro atoms. The van der Waals surface area contributed by atoms with Crippen molar-refractivity contribution < 1.29 is 27.2 Å². The van der Waals surface area contributed by atoms with Crippen LogP contribution in [0, 0.1) is 0 Å². The zero-order valence-electron chi connectivity index (χ0n) is 14.2. The minimum atomic E-state index is -4.42. The average molecular weight is 410 g/mol. The van der Waals surface area contributed by atoms with Crippen LogP contribution in [0.2, 0.25) is 0 Å². The van der Waals surface area contributed by atoms with Crippen molar-refractivity contribution in [1.82, 2.24) is 15.1 Å². The number of hydrogen-bond donors (Lipinski definition) is 1. The molecule has 0 aliphatic carbocycles. The molecular weight excluding hydrogens is 397 g/mol. The second-order valence-electron chi connectivity index (χ2n) is 5.37. The first-order valence-corrected chi connectivity index (χ1v) is 8.72. The fourth-order valence-electron chi connectivity index (χ4n) is 2.05. The molecule has 0 aliphatic rings. The average Bonchev–Trinajstić information content (AvgIpc) is 3.33. The highest BCUT2D eigenvalue weighted by molar-refractivity contribution is 7.13. The van der Waals surface area contributed by atoms with Gasteiger partial charge in [-0.3, -0.25) is 0 Å². The number of carbonyl (C=O) groups is 1. The summed E-state index contributed by atoms with van der Waals surface area (Å²) in [6.07, 6.45) is -2.77. The van der Waals surface area contributed by atoms with E-state index in [2.05, 4.69) is 27.0 Å². The number of benzene rings is 1. The molecule has 0 saturated heterocycles. The first-order chi connectivity index (χ1) is 13.4. The lowest BCUT2D eigenvalue weighted by Gasteiger charge is -2.05. The minimum absolute atomic E-state index is 0.00323. The Morgan fingerprint density at radius 3 is 2.71 bits per heavy atom. The molecule has 28 heavy (non-hydrogen) atoms. The van der Waals surface area contributed by atoms with Crippen molar-refractivity contribution in [3.63, 3.8) is 0 Å². The molecule has 7 nitrogen and oxygen atoms in total. The Labute approximate surface area is 160 Å². The van der Waals surface area contributed by atoms with Crippen LogP contribution < -0.4 is 5.32 Å². The van der Waals surface area contributed by atoms with Crippen molar-refractivity contribution in [3.05, 3.63) is 59.4 Å². The Balaban J connectivity index is 1.59. The van der Waals surface area contributed by atoms with Crippen molar-refractivity contribution >= 4 is 22.4 Å². The van der Waals surface area contributed by atoms with Crippen LogP contribution in [0.5, 0.6) is 0 Å². The standard InChI is InChI=1S/C17H13F3N4O3S/c1-2-7-21-16-22-12(9-28-16)15(25)26-8-13-23-14(24-27-13)10-3-5-11(6-4-10)17(18,19)20/h2-6,9H,1,7-8H2,(H,21,22). The van der Waals surface area contributed by atoms with E-state index in [1.54, 1.807) is 6.08 Å². The van der Waals surface area contributed by atoms with Gasteiger partial charge in [0.15, 0.2) is 17.4 Å². The maximum Gasteiger partial charge on any atom is 0.416 e. The van der Waals surface area contributed by atoms with E-state index in [4.69, 9.17) is 9.26 Å². The summed E-state index contributed by atoms with van der Waals surface area (Å²) in [6, 6.07) is 4.31. The number of carbonyl (C=O) groups excluding carboxylic acids is 1. The fourth-order valence-corrected chi connectivity index (χ4v) is 2.74. The SMILES string of the molecule is C=CCNc1nc(C(=O)OCc2nc(-c3ccc(C(F)(F)F)cc3)no2)cs1. The zero-order valence-corrected chi connectivity index (χ0v) is 15.0. The first-order valence-electron chi connectivity index (χ1n) is 7.84. The van der Waals surface area contributed by atoms with Crippen molar-refractivity contribution in [2.45, 2.75) is 12.8 Å². The highest BCUT2D eigenvalue weighted by Crippen LogP contribution is 2.30. The molecular formula is C17H13F3N4O3S. The molecule has 0 aliphatic heterocycles. The molecule has 3 rings (SSSR count). The molecule has 1 aromatic carbocycles. The van der Waals surface area contributed by atoms with E-state index in [1.807, 2.05) is 0 Å². The molecule has 0 amide bonds. The third kappa shape index (κ3) is 4.74. The van der Waals surface area contributed by atoms with E-state index >= 15 is 0 Å². The molecule has 0 atom stereocenters. The van der Waals surface area contributed by atoms with Crippen LogP contribution in [0.25, 0.3) is 11.4 Å². The van der Waals surface area contributed by atoms with Gasteiger partial charge in [-0.2, -0.15) is 18.2 Å². The number of ether oxygens (including phenoxy) is 1. The van der Waals surface area contributed by atoms with Crippen molar-refractivity contribution in [1.29, 1.82) is 0 Å². The summed E-state index contributed by atoms with van der Waals surface area (Å²) in [7, 11) is 0. The normalized spacial score (nSPS) is 11.2. The number of thiazole rings is 1. The molecule has 11 heteroatoms. The second-order valence-corrected chi connectivity index (χ2v) is 6.23. The largest absolute Gasteiger partial charge is 0.451 e. The lowest BCUT2D eigenvalue weighted by Crippen LogP contribution is -2.06. The highest BCUT2D eigenvalue weighted by atomic mass is 32.1. The minimum Gasteiger partial charge on any atom is -0.451 e. The van der Waals surface area contributed by atoms with Crippen molar-refractivity contribution in [2.75, 3.05) is 11.9 Å². The Morgan fingerprint density at radius 1 is 1.29 bits per heavy atom. The number of nitrogens with one attached hydrogen (secondary N) is 1. The third-order valence-electron chi connectivity index (χ3n) is 3.38. The van der Waals surface area contributed by atoms with E-state index in [1.165, 1.54) is 28.8 Å². The van der Waals surface area contributed by atoms with E-state index in [0.717, 1.165) is 12.1 Å². The van der Waals surface area contributed by atoms with Gasteiger partial charge >= 0.3 is 12.1 Å². The van der Waals surface area contributed by atoms with Crippen molar-refractivity contribution in [2.24, 2.45) is 0 Å². The van der Waals surface area contributed by atoms with Crippen LogP contribution >= 0.6 is 11.3 Å². The maximum absolute atomic E-state index is 12.6. The van der Waals surface area contributed by atoms with E-state index in [9.17, 15) is 18.0 Å². The van der Waals surface area contributed by atoms with Crippen LogP contribution in [0.3, 0.4) is 0 Å². The molecule has 0 fully saturated rings. The second kappa shape index (κ2) is 8.21. The van der Waals surface area contributed by atoms with Gasteiger partial charge in [-0.1, -0.05) is 23.4 Å². The summed E-state index contributed by atoms with van der Waals surface area (Å²) in [6.45, 7) is 3.79. The van der Waals surface area contributed by atoms with Gasteiger partial charge in [0.1, 0.15) is 0 Å². The Kier molecular flexibility index (Phi) is 5.73. The number of anilines is 1. The number of halogens is 3. The first kappa shape index (κ1) is 19.5. The molecule has 146 valence electrons. The van der Waals surface area contributed by atoms with E-state index in [-0.39, 0.29) is 24.0 Å². The fraction of sp³-hybridized carbons (Fsp3) is 0.176. The van der Waals surface area contributed by atoms with Crippen LogP contribution in [-0.4, -0.2) is 27.6 Å². The van der Waals surface area contributed by atoms with E-state index < -0.39 is 17.7 Å². The summed E-state index contributed by atoms with van der Waals surface area (Å²) < 4.78 is 47.8. The van der Waals surface area contributed by atoms with Gasteiger partial charge < -0.3 is 14.6 Å². The summed E-state index contributed by atoms with van der Waals surface area (Å²) in [5, 5.41) is 8.71. The Bertz CT molecular complexity index is 967. The summed E-state index contributed by atoms with van der Waals surface area (Å²) >= 11 is 1.24. The number of nitrogens with zero attached hydrogens (tertiary/aromatic N) is 3. The molecule has 0 saturated carbocycles. The predicted molar refractivity (Wildman–Crippen MR) is 94.7 cm³/mol. The lowest BCUT2D eigenvalue weighted by atomic mass is 10.1. The Hall–Kier alpha value is -3.21. The van der Waals surface area contributed by atoms with E-state index in [0.29, 0.717) is 17.2 Å². The quantitative estimate of drug-likeness (QED) is 0.462. The number of hydrogen-bond acceptors (Lipinski definition) is 8. The molecule has 2 heterocycles. The maximum atomic E-state index is 12.6. The molecule has 0 bridgehead atoms. The molecule has 1 N–H and O–H groups in total. The molecule has 2 aromatic heterocycles. The topological polar surface area (TPSA) is 90.1 Å². The Morgan fingerprint density at radius 2 is 2.04 bits per heavy atom. The van der Waals surface area contributed by atoms with Gasteiger partial charge in [-0.05, 0) is 12.1 Å². The molecule has 3 aromatic rings. The predicted octanol–water partition coefficient (Wildman–Crippen LogP) is 4.17. The van der Waals surface area contributed by atoms with Gasteiger partial charge in [-0.15, -0.1) is 17.9 Å². The highest BCUT2D eigenvalue weighted by Gasteiger charge is 2.30. The summed E-state index contributed by atoms with van der Waals surface area (Å²) in [4.78, 5) is 20.1. The number of alkyl halides is 3. The monoisotopic (exact) mass is 410 g/mol. The van der Waals surface area contributed by atoms with Gasteiger partial charge in [0.2, 0.25) is 5.82 Å². The van der Waals surface area contributed by atoms with Crippen LogP contribution in [0.4, 0.5) is 18.3 Å². The summed E-state index contributed by atoms with van der Waals surface area (Å²) in [5.74, 6) is -0.579.